The van der Waals surface area contributed by atoms with Gasteiger partial charge in [0.1, 0.15) is 5.60 Å². The number of benzene rings is 1. The van der Waals surface area contributed by atoms with Crippen LogP contribution in [0.2, 0.25) is 0 Å². The zero-order chi connectivity index (χ0) is 19.7. The number of nitrogens with zero attached hydrogens (tertiary/aromatic N) is 1. The number of rotatable bonds is 5. The Kier molecular flexibility index (Phi) is 5.39. The van der Waals surface area contributed by atoms with Crippen molar-refractivity contribution in [1.82, 2.24) is 9.62 Å². The second kappa shape index (κ2) is 7.44. The summed E-state index contributed by atoms with van der Waals surface area (Å²) in [5.41, 5.74) is 0.728. The second-order valence-corrected chi connectivity index (χ2v) is 9.02. The molecule has 1 saturated heterocycles. The highest BCUT2D eigenvalue weighted by Gasteiger charge is 2.51. The number of ether oxygens (including phenoxy) is 1. The van der Waals surface area contributed by atoms with Gasteiger partial charge in [0.25, 0.3) is 5.91 Å². The third-order valence-corrected chi connectivity index (χ3v) is 6.50. The first-order chi connectivity index (χ1) is 12.7. The van der Waals surface area contributed by atoms with Gasteiger partial charge in [-0.3, -0.25) is 4.79 Å². The lowest BCUT2D eigenvalue weighted by Crippen LogP contribution is -2.50. The van der Waals surface area contributed by atoms with Crippen LogP contribution in [0.25, 0.3) is 0 Å². The fourth-order valence-electron chi connectivity index (χ4n) is 3.71. The van der Waals surface area contributed by atoms with Crippen LogP contribution in [0.4, 0.5) is 0 Å². The number of esters is 1. The van der Waals surface area contributed by atoms with Crippen LogP contribution in [0.15, 0.2) is 41.5 Å². The van der Waals surface area contributed by atoms with E-state index in [1.54, 1.807) is 6.92 Å². The van der Waals surface area contributed by atoms with Crippen LogP contribution in [-0.4, -0.2) is 56.1 Å². The van der Waals surface area contributed by atoms with E-state index < -0.39 is 21.6 Å². The van der Waals surface area contributed by atoms with E-state index in [2.05, 4.69) is 5.32 Å². The van der Waals surface area contributed by atoms with Gasteiger partial charge < -0.3 is 10.1 Å². The largest absolute Gasteiger partial charge is 0.450 e. The summed E-state index contributed by atoms with van der Waals surface area (Å²) in [5, 5.41) is 2.88. The Labute approximate surface area is 159 Å². The SMILES string of the molecule is CC1=C(C(=O)NCCc2ccccc2)C2(CCN(S(C)(=O)=O)CC2)OC1=O. The summed E-state index contributed by atoms with van der Waals surface area (Å²) in [4.78, 5) is 25.0. The zero-order valence-electron chi connectivity index (χ0n) is 15.5. The van der Waals surface area contributed by atoms with Crippen molar-refractivity contribution in [3.63, 3.8) is 0 Å². The lowest BCUT2D eigenvalue weighted by Gasteiger charge is -2.38. The van der Waals surface area contributed by atoms with Crippen LogP contribution < -0.4 is 5.32 Å². The van der Waals surface area contributed by atoms with Crippen LogP contribution in [0.1, 0.15) is 25.3 Å². The number of amides is 1. The minimum atomic E-state index is -3.31. The molecule has 0 bridgehead atoms. The molecule has 0 aliphatic carbocycles. The number of nitrogens with one attached hydrogen (secondary N) is 1. The Morgan fingerprint density at radius 3 is 2.44 bits per heavy atom. The molecule has 2 aliphatic rings. The molecule has 27 heavy (non-hydrogen) atoms. The van der Waals surface area contributed by atoms with Gasteiger partial charge in [0.2, 0.25) is 10.0 Å². The summed E-state index contributed by atoms with van der Waals surface area (Å²) in [5.74, 6) is -0.821. The van der Waals surface area contributed by atoms with Gasteiger partial charge in [0.05, 0.1) is 11.8 Å². The average molecular weight is 392 g/mol. The molecule has 8 heteroatoms. The highest BCUT2D eigenvalue weighted by atomic mass is 32.2. The molecule has 7 nitrogen and oxygen atoms in total. The van der Waals surface area contributed by atoms with Gasteiger partial charge in [0, 0.05) is 38.0 Å². The Morgan fingerprint density at radius 2 is 1.85 bits per heavy atom. The molecule has 0 atom stereocenters. The third kappa shape index (κ3) is 4.06. The number of piperidine rings is 1. The van der Waals surface area contributed by atoms with E-state index >= 15 is 0 Å². The lowest BCUT2D eigenvalue weighted by molar-refractivity contribution is -0.150. The van der Waals surface area contributed by atoms with Gasteiger partial charge in [-0.1, -0.05) is 30.3 Å². The highest BCUT2D eigenvalue weighted by Crippen LogP contribution is 2.41. The van der Waals surface area contributed by atoms with Gasteiger partial charge in [0.15, 0.2) is 0 Å². The summed E-state index contributed by atoms with van der Waals surface area (Å²) in [7, 11) is -3.31. The fraction of sp³-hybridized carbons (Fsp3) is 0.474. The number of hydrogen-bond donors (Lipinski definition) is 1. The number of hydrogen-bond acceptors (Lipinski definition) is 5. The first-order valence-corrected chi connectivity index (χ1v) is 10.8. The summed E-state index contributed by atoms with van der Waals surface area (Å²) in [6.45, 7) is 2.48. The molecule has 1 fully saturated rings. The Bertz CT molecular complexity index is 869. The van der Waals surface area contributed by atoms with E-state index in [1.165, 1.54) is 4.31 Å². The molecule has 1 aromatic carbocycles. The van der Waals surface area contributed by atoms with E-state index in [9.17, 15) is 18.0 Å². The Hall–Kier alpha value is -2.19. The van der Waals surface area contributed by atoms with Crippen LogP contribution >= 0.6 is 0 Å². The van der Waals surface area contributed by atoms with E-state index in [1.807, 2.05) is 30.3 Å². The number of carbonyl (C=O) groups is 2. The molecule has 1 N–H and O–H groups in total. The van der Waals surface area contributed by atoms with E-state index in [0.717, 1.165) is 11.8 Å². The van der Waals surface area contributed by atoms with Gasteiger partial charge in [-0.2, -0.15) is 0 Å². The second-order valence-electron chi connectivity index (χ2n) is 7.04. The molecular weight excluding hydrogens is 368 g/mol. The van der Waals surface area contributed by atoms with Crippen molar-refractivity contribution in [2.24, 2.45) is 0 Å². The molecule has 1 spiro atoms. The minimum Gasteiger partial charge on any atom is -0.450 e. The van der Waals surface area contributed by atoms with E-state index in [-0.39, 0.29) is 31.8 Å². The molecule has 0 saturated carbocycles. The predicted octanol–water partition coefficient (Wildman–Crippen LogP) is 1.01. The quantitative estimate of drug-likeness (QED) is 0.755. The first kappa shape index (κ1) is 19.6. The predicted molar refractivity (Wildman–Crippen MR) is 100 cm³/mol. The molecule has 0 radical (unpaired) electrons. The maximum Gasteiger partial charge on any atom is 0.335 e. The van der Waals surface area contributed by atoms with Crippen molar-refractivity contribution in [2.45, 2.75) is 31.8 Å². The smallest absolute Gasteiger partial charge is 0.335 e. The van der Waals surface area contributed by atoms with Gasteiger partial charge >= 0.3 is 5.97 Å². The fourth-order valence-corrected chi connectivity index (χ4v) is 4.56. The summed E-state index contributed by atoms with van der Waals surface area (Å²) in [6.07, 6.45) is 2.40. The summed E-state index contributed by atoms with van der Waals surface area (Å²) < 4.78 is 30.4. The van der Waals surface area contributed by atoms with Crippen LogP contribution in [-0.2, 0) is 30.8 Å². The van der Waals surface area contributed by atoms with Crippen LogP contribution in [0.5, 0.6) is 0 Å². The topological polar surface area (TPSA) is 92.8 Å². The molecule has 2 aliphatic heterocycles. The summed E-state index contributed by atoms with van der Waals surface area (Å²) in [6, 6.07) is 9.79. The first-order valence-electron chi connectivity index (χ1n) is 8.95. The molecule has 0 unspecified atom stereocenters. The molecule has 2 heterocycles. The molecule has 3 rings (SSSR count). The monoisotopic (exact) mass is 392 g/mol. The van der Waals surface area contributed by atoms with Gasteiger partial charge in [-0.25, -0.2) is 17.5 Å². The standard InChI is InChI=1S/C19H24N2O5S/c1-14-16(17(22)20-11-8-15-6-4-3-5-7-15)19(26-18(14)23)9-12-21(13-10-19)27(2,24)25/h3-7H,8-13H2,1-2H3,(H,20,22). The van der Waals surface area contributed by atoms with Gasteiger partial charge in [-0.15, -0.1) is 0 Å². The number of carbonyl (C=O) groups excluding carboxylic acids is 2. The Balaban J connectivity index is 1.70. The van der Waals surface area contributed by atoms with Crippen molar-refractivity contribution >= 4 is 21.9 Å². The summed E-state index contributed by atoms with van der Waals surface area (Å²) >= 11 is 0. The van der Waals surface area contributed by atoms with Crippen molar-refractivity contribution in [1.29, 1.82) is 0 Å². The normalized spacial score (nSPS) is 20.0. The highest BCUT2D eigenvalue weighted by molar-refractivity contribution is 7.88. The van der Waals surface area contributed by atoms with Crippen molar-refractivity contribution in [3.8, 4) is 0 Å². The van der Waals surface area contributed by atoms with Crippen molar-refractivity contribution in [3.05, 3.63) is 47.0 Å². The maximum atomic E-state index is 12.8. The molecule has 146 valence electrons. The minimum absolute atomic E-state index is 0.222. The van der Waals surface area contributed by atoms with E-state index in [0.29, 0.717) is 24.1 Å². The Morgan fingerprint density at radius 1 is 1.22 bits per heavy atom. The maximum absolute atomic E-state index is 12.8. The molecule has 1 amide bonds. The van der Waals surface area contributed by atoms with Crippen LogP contribution in [0.3, 0.4) is 0 Å². The van der Waals surface area contributed by atoms with E-state index in [4.69, 9.17) is 4.74 Å². The molecule has 1 aromatic rings. The number of sulfonamides is 1. The van der Waals surface area contributed by atoms with Gasteiger partial charge in [-0.05, 0) is 18.9 Å². The van der Waals surface area contributed by atoms with Crippen molar-refractivity contribution in [2.75, 3.05) is 25.9 Å². The lowest BCUT2D eigenvalue weighted by atomic mass is 9.83. The molecular formula is C19H24N2O5S. The molecule has 0 aromatic heterocycles. The van der Waals surface area contributed by atoms with Crippen LogP contribution in [0, 0.1) is 0 Å². The van der Waals surface area contributed by atoms with Crippen molar-refractivity contribution < 1.29 is 22.7 Å². The third-order valence-electron chi connectivity index (χ3n) is 5.19. The average Bonchev–Trinajstić information content (AvgIpc) is 2.85. The zero-order valence-corrected chi connectivity index (χ0v) is 16.3.